The molecular weight excluding hydrogens is 464 g/mol. The standard InChI is InChI=1S/C27H30N2O5S/c1-20(27(30)28-21-8-4-2-5-9-21)33-24-16-18-26(19-17-24)35(31,32)29-22-12-14-25(15-13-22)34-23-10-6-3-7-11-23/h3,6-7,10-21,29H,2,4-5,8-9H2,1H3,(H,28,30)/t20-/m0/s1. The minimum atomic E-state index is -3.79. The van der Waals surface area contributed by atoms with E-state index in [9.17, 15) is 13.2 Å². The Labute approximate surface area is 206 Å². The summed E-state index contributed by atoms with van der Waals surface area (Å²) in [5, 5.41) is 3.04. The monoisotopic (exact) mass is 494 g/mol. The van der Waals surface area contributed by atoms with E-state index in [0.717, 1.165) is 25.7 Å². The lowest BCUT2D eigenvalue weighted by atomic mass is 9.95. The maximum absolute atomic E-state index is 12.8. The molecule has 0 saturated heterocycles. The van der Waals surface area contributed by atoms with Crippen LogP contribution in [0, 0.1) is 0 Å². The highest BCUT2D eigenvalue weighted by molar-refractivity contribution is 7.92. The predicted molar refractivity (Wildman–Crippen MR) is 135 cm³/mol. The minimum Gasteiger partial charge on any atom is -0.481 e. The van der Waals surface area contributed by atoms with Gasteiger partial charge in [-0.15, -0.1) is 0 Å². The molecule has 0 bridgehead atoms. The maximum Gasteiger partial charge on any atom is 0.261 e. The van der Waals surface area contributed by atoms with Crippen LogP contribution < -0.4 is 19.5 Å². The molecule has 184 valence electrons. The molecule has 0 aliphatic heterocycles. The molecule has 1 atom stereocenters. The Kier molecular flexibility index (Phi) is 7.92. The van der Waals surface area contributed by atoms with Gasteiger partial charge >= 0.3 is 0 Å². The molecule has 0 radical (unpaired) electrons. The van der Waals surface area contributed by atoms with Crippen LogP contribution in [0.25, 0.3) is 0 Å². The van der Waals surface area contributed by atoms with Gasteiger partial charge in [-0.1, -0.05) is 37.5 Å². The third-order valence-corrected chi connectivity index (χ3v) is 7.25. The summed E-state index contributed by atoms with van der Waals surface area (Å²) in [4.78, 5) is 12.5. The molecule has 0 spiro atoms. The van der Waals surface area contributed by atoms with Crippen LogP contribution in [0.3, 0.4) is 0 Å². The second-order valence-corrected chi connectivity index (χ2v) is 10.3. The molecule has 4 rings (SSSR count). The van der Waals surface area contributed by atoms with E-state index in [0.29, 0.717) is 22.9 Å². The average molecular weight is 495 g/mol. The van der Waals surface area contributed by atoms with Gasteiger partial charge in [0.15, 0.2) is 6.10 Å². The minimum absolute atomic E-state index is 0.0915. The first kappa shape index (κ1) is 24.6. The number of hydrogen-bond acceptors (Lipinski definition) is 5. The molecule has 2 N–H and O–H groups in total. The van der Waals surface area contributed by atoms with Gasteiger partial charge in [-0.2, -0.15) is 0 Å². The Morgan fingerprint density at radius 1 is 0.829 bits per heavy atom. The number of benzene rings is 3. The molecule has 1 aliphatic carbocycles. The number of carbonyl (C=O) groups excluding carboxylic acids is 1. The van der Waals surface area contributed by atoms with E-state index in [2.05, 4.69) is 10.0 Å². The molecule has 1 amide bonds. The number of sulfonamides is 1. The van der Waals surface area contributed by atoms with E-state index >= 15 is 0 Å². The fourth-order valence-electron chi connectivity index (χ4n) is 3.95. The summed E-state index contributed by atoms with van der Waals surface area (Å²) in [5.74, 6) is 1.57. The summed E-state index contributed by atoms with van der Waals surface area (Å²) in [5.41, 5.74) is 0.416. The van der Waals surface area contributed by atoms with Crippen molar-refractivity contribution in [1.29, 1.82) is 0 Å². The number of carbonyl (C=O) groups is 1. The first-order valence-electron chi connectivity index (χ1n) is 11.8. The van der Waals surface area contributed by atoms with Crippen molar-refractivity contribution in [3.05, 3.63) is 78.9 Å². The zero-order valence-corrected chi connectivity index (χ0v) is 20.5. The lowest BCUT2D eigenvalue weighted by Gasteiger charge is -2.24. The van der Waals surface area contributed by atoms with Crippen LogP contribution in [0.15, 0.2) is 83.8 Å². The van der Waals surface area contributed by atoms with Gasteiger partial charge in [0.1, 0.15) is 17.2 Å². The summed E-state index contributed by atoms with van der Waals surface area (Å²) in [7, 11) is -3.79. The molecule has 1 aliphatic rings. The molecule has 0 aromatic heterocycles. The van der Waals surface area contributed by atoms with Crippen LogP contribution in [-0.2, 0) is 14.8 Å². The van der Waals surface area contributed by atoms with Crippen LogP contribution in [0.1, 0.15) is 39.0 Å². The van der Waals surface area contributed by atoms with E-state index in [1.807, 2.05) is 30.3 Å². The van der Waals surface area contributed by atoms with Crippen molar-refractivity contribution in [2.45, 2.75) is 56.1 Å². The van der Waals surface area contributed by atoms with Crippen LogP contribution in [0.5, 0.6) is 17.2 Å². The van der Waals surface area contributed by atoms with E-state index in [1.54, 1.807) is 43.3 Å². The SMILES string of the molecule is C[C@H](Oc1ccc(S(=O)(=O)Nc2ccc(Oc3ccccc3)cc2)cc1)C(=O)NC1CCCCC1. The number of anilines is 1. The van der Waals surface area contributed by atoms with Gasteiger partial charge in [-0.3, -0.25) is 9.52 Å². The molecule has 3 aromatic rings. The highest BCUT2D eigenvalue weighted by atomic mass is 32.2. The number of amides is 1. The highest BCUT2D eigenvalue weighted by Gasteiger charge is 2.21. The zero-order valence-electron chi connectivity index (χ0n) is 19.6. The largest absolute Gasteiger partial charge is 0.481 e. The van der Waals surface area contributed by atoms with Gasteiger partial charge in [0.05, 0.1) is 4.90 Å². The van der Waals surface area contributed by atoms with E-state index in [1.165, 1.54) is 18.6 Å². The van der Waals surface area contributed by atoms with Crippen LogP contribution in [-0.4, -0.2) is 26.5 Å². The van der Waals surface area contributed by atoms with E-state index < -0.39 is 16.1 Å². The first-order valence-corrected chi connectivity index (χ1v) is 13.3. The Morgan fingerprint density at radius 2 is 1.43 bits per heavy atom. The second-order valence-electron chi connectivity index (χ2n) is 8.62. The number of hydrogen-bond donors (Lipinski definition) is 2. The first-order chi connectivity index (χ1) is 16.9. The van der Waals surface area contributed by atoms with Gasteiger partial charge in [0, 0.05) is 11.7 Å². The van der Waals surface area contributed by atoms with Gasteiger partial charge in [-0.05, 0) is 80.4 Å². The molecule has 7 nitrogen and oxygen atoms in total. The third-order valence-electron chi connectivity index (χ3n) is 5.85. The quantitative estimate of drug-likeness (QED) is 0.410. The van der Waals surface area contributed by atoms with Crippen LogP contribution >= 0.6 is 0 Å². The van der Waals surface area contributed by atoms with Crippen LogP contribution in [0.4, 0.5) is 5.69 Å². The number of para-hydroxylation sites is 1. The molecule has 35 heavy (non-hydrogen) atoms. The summed E-state index contributed by atoms with van der Waals surface area (Å²) in [6.45, 7) is 1.69. The highest BCUT2D eigenvalue weighted by Crippen LogP contribution is 2.25. The van der Waals surface area contributed by atoms with Crippen molar-refractivity contribution in [3.8, 4) is 17.2 Å². The fourth-order valence-corrected chi connectivity index (χ4v) is 5.01. The summed E-state index contributed by atoms with van der Waals surface area (Å²) in [6.07, 6.45) is 4.82. The number of ether oxygens (including phenoxy) is 2. The van der Waals surface area contributed by atoms with Crippen molar-refractivity contribution >= 4 is 21.6 Å². The van der Waals surface area contributed by atoms with E-state index in [4.69, 9.17) is 9.47 Å². The number of nitrogens with one attached hydrogen (secondary N) is 2. The van der Waals surface area contributed by atoms with Crippen molar-refractivity contribution < 1.29 is 22.7 Å². The molecule has 0 unspecified atom stereocenters. The topological polar surface area (TPSA) is 93.7 Å². The van der Waals surface area contributed by atoms with Gasteiger partial charge in [0.2, 0.25) is 0 Å². The summed E-state index contributed by atoms with van der Waals surface area (Å²) in [6, 6.07) is 22.2. The Bertz CT molecular complexity index is 1210. The van der Waals surface area contributed by atoms with Gasteiger partial charge < -0.3 is 14.8 Å². The fraction of sp³-hybridized carbons (Fsp3) is 0.296. The summed E-state index contributed by atoms with van der Waals surface area (Å²) < 4.78 is 39.6. The molecule has 3 aromatic carbocycles. The van der Waals surface area contributed by atoms with Crippen molar-refractivity contribution in [3.63, 3.8) is 0 Å². The van der Waals surface area contributed by atoms with Crippen LogP contribution in [0.2, 0.25) is 0 Å². The van der Waals surface area contributed by atoms with Gasteiger partial charge in [-0.25, -0.2) is 8.42 Å². The maximum atomic E-state index is 12.8. The molecular formula is C27H30N2O5S. The Hall–Kier alpha value is -3.52. The summed E-state index contributed by atoms with van der Waals surface area (Å²) >= 11 is 0. The molecule has 0 heterocycles. The van der Waals surface area contributed by atoms with Gasteiger partial charge in [0.25, 0.3) is 15.9 Å². The smallest absolute Gasteiger partial charge is 0.261 e. The van der Waals surface area contributed by atoms with Crippen molar-refractivity contribution in [1.82, 2.24) is 5.32 Å². The molecule has 8 heteroatoms. The lowest BCUT2D eigenvalue weighted by molar-refractivity contribution is -0.128. The zero-order chi connectivity index (χ0) is 24.7. The lowest BCUT2D eigenvalue weighted by Crippen LogP contribution is -2.43. The third kappa shape index (κ3) is 6.99. The van der Waals surface area contributed by atoms with Crippen molar-refractivity contribution in [2.24, 2.45) is 0 Å². The Morgan fingerprint density at radius 3 is 2.09 bits per heavy atom. The van der Waals surface area contributed by atoms with E-state index in [-0.39, 0.29) is 16.8 Å². The second kappa shape index (κ2) is 11.3. The molecule has 1 fully saturated rings. The predicted octanol–water partition coefficient (Wildman–Crippen LogP) is 5.50. The number of rotatable bonds is 9. The normalized spacial score (nSPS) is 15.1. The molecule has 1 saturated carbocycles. The van der Waals surface area contributed by atoms with Crippen molar-refractivity contribution in [2.75, 3.05) is 4.72 Å². The average Bonchev–Trinajstić information content (AvgIpc) is 2.86. The Balaban J connectivity index is 1.32.